The third-order valence-corrected chi connectivity index (χ3v) is 6.37. The lowest BCUT2D eigenvalue weighted by molar-refractivity contribution is -0.126. The number of benzene rings is 1. The van der Waals surface area contributed by atoms with E-state index >= 15 is 0 Å². The van der Waals surface area contributed by atoms with Crippen molar-refractivity contribution in [3.05, 3.63) is 23.8 Å². The predicted molar refractivity (Wildman–Crippen MR) is 107 cm³/mol. The minimum atomic E-state index is -0.0298. The maximum atomic E-state index is 12.9. The molecule has 29 heavy (non-hydrogen) atoms. The highest BCUT2D eigenvalue weighted by Gasteiger charge is 2.36. The van der Waals surface area contributed by atoms with Gasteiger partial charge in [0.25, 0.3) is 0 Å². The van der Waals surface area contributed by atoms with E-state index in [1.807, 2.05) is 23.1 Å². The lowest BCUT2D eigenvalue weighted by atomic mass is 9.96. The van der Waals surface area contributed by atoms with Gasteiger partial charge >= 0.3 is 6.03 Å². The standard InChI is InChI=1S/C22H29N3O4/c26-21(23-17-4-5-17)15-7-9-25(10-8-15)22(27)24-20(14-1-2-14)16-3-6-18-19(13-16)29-12-11-28-18/h3,6,13-15,17,20H,1-2,4-5,7-12H2,(H,23,26)(H,24,27). The number of likely N-dealkylation sites (tertiary alicyclic amines) is 1. The number of rotatable bonds is 5. The summed E-state index contributed by atoms with van der Waals surface area (Å²) in [6.07, 6.45) is 5.95. The number of ether oxygens (including phenoxy) is 2. The first-order chi connectivity index (χ1) is 14.2. The monoisotopic (exact) mass is 399 g/mol. The van der Waals surface area contributed by atoms with Gasteiger partial charge in [0.15, 0.2) is 11.5 Å². The molecule has 0 aromatic heterocycles. The van der Waals surface area contributed by atoms with Crippen molar-refractivity contribution in [3.8, 4) is 11.5 Å². The van der Waals surface area contributed by atoms with Gasteiger partial charge in [-0.15, -0.1) is 0 Å². The third kappa shape index (κ3) is 4.28. The van der Waals surface area contributed by atoms with E-state index in [4.69, 9.17) is 9.47 Å². The van der Waals surface area contributed by atoms with Crippen LogP contribution in [0.2, 0.25) is 0 Å². The Balaban J connectivity index is 1.19. The number of carbonyl (C=O) groups is 2. The Morgan fingerprint density at radius 1 is 0.966 bits per heavy atom. The maximum Gasteiger partial charge on any atom is 0.317 e. The number of nitrogens with zero attached hydrogens (tertiary/aromatic N) is 1. The van der Waals surface area contributed by atoms with Crippen LogP contribution in [0, 0.1) is 11.8 Å². The fourth-order valence-electron chi connectivity index (χ4n) is 4.27. The molecule has 2 aliphatic carbocycles. The van der Waals surface area contributed by atoms with Crippen LogP contribution < -0.4 is 20.1 Å². The van der Waals surface area contributed by atoms with Gasteiger partial charge in [-0.2, -0.15) is 0 Å². The van der Waals surface area contributed by atoms with E-state index < -0.39 is 0 Å². The van der Waals surface area contributed by atoms with Gasteiger partial charge < -0.3 is 25.0 Å². The molecule has 0 spiro atoms. The van der Waals surface area contributed by atoms with Gasteiger partial charge in [0.1, 0.15) is 13.2 Å². The number of hydrogen-bond acceptors (Lipinski definition) is 4. The van der Waals surface area contributed by atoms with Crippen LogP contribution in [0.1, 0.15) is 50.1 Å². The maximum absolute atomic E-state index is 12.9. The fraction of sp³-hybridized carbons (Fsp3) is 0.636. The van der Waals surface area contributed by atoms with E-state index in [2.05, 4.69) is 10.6 Å². The van der Waals surface area contributed by atoms with Crippen LogP contribution in [-0.4, -0.2) is 49.2 Å². The summed E-state index contributed by atoms with van der Waals surface area (Å²) in [5, 5.41) is 6.34. The van der Waals surface area contributed by atoms with Crippen molar-refractivity contribution in [1.29, 1.82) is 0 Å². The van der Waals surface area contributed by atoms with E-state index in [-0.39, 0.29) is 23.9 Å². The van der Waals surface area contributed by atoms with Crippen molar-refractivity contribution >= 4 is 11.9 Å². The molecule has 1 unspecified atom stereocenters. The molecule has 3 fully saturated rings. The topological polar surface area (TPSA) is 79.9 Å². The zero-order valence-corrected chi connectivity index (χ0v) is 16.7. The first kappa shape index (κ1) is 18.6. The van der Waals surface area contributed by atoms with Crippen LogP contribution in [0.3, 0.4) is 0 Å². The van der Waals surface area contributed by atoms with Gasteiger partial charge in [-0.3, -0.25) is 4.79 Å². The Kier molecular flexibility index (Phi) is 4.97. The molecular formula is C22H29N3O4. The SMILES string of the molecule is O=C(NC1CC1)C1CCN(C(=O)NC(c2ccc3c(c2)OCCO3)C2CC2)CC1. The Hall–Kier alpha value is -2.44. The van der Waals surface area contributed by atoms with E-state index in [0.29, 0.717) is 38.3 Å². The quantitative estimate of drug-likeness (QED) is 0.798. The molecule has 2 N–H and O–H groups in total. The van der Waals surface area contributed by atoms with Crippen molar-refractivity contribution < 1.29 is 19.1 Å². The highest BCUT2D eigenvalue weighted by Crippen LogP contribution is 2.43. The number of urea groups is 1. The normalized spacial score (nSPS) is 22.7. The molecule has 2 saturated carbocycles. The van der Waals surface area contributed by atoms with E-state index in [9.17, 15) is 9.59 Å². The molecule has 2 heterocycles. The summed E-state index contributed by atoms with van der Waals surface area (Å²) in [5.41, 5.74) is 1.07. The van der Waals surface area contributed by atoms with E-state index in [0.717, 1.165) is 55.6 Å². The van der Waals surface area contributed by atoms with Crippen molar-refractivity contribution in [3.63, 3.8) is 0 Å². The molecule has 1 saturated heterocycles. The van der Waals surface area contributed by atoms with Crippen molar-refractivity contribution in [2.24, 2.45) is 11.8 Å². The second-order valence-corrected chi connectivity index (χ2v) is 8.71. The number of nitrogens with one attached hydrogen (secondary N) is 2. The van der Waals surface area contributed by atoms with Crippen LogP contribution in [0.5, 0.6) is 11.5 Å². The molecule has 1 aromatic carbocycles. The van der Waals surface area contributed by atoms with Gasteiger partial charge in [0.05, 0.1) is 6.04 Å². The van der Waals surface area contributed by atoms with Gasteiger partial charge in [-0.05, 0) is 62.1 Å². The largest absolute Gasteiger partial charge is 0.486 e. The summed E-state index contributed by atoms with van der Waals surface area (Å²) in [4.78, 5) is 27.0. The fourth-order valence-corrected chi connectivity index (χ4v) is 4.27. The smallest absolute Gasteiger partial charge is 0.317 e. The predicted octanol–water partition coefficient (Wildman–Crippen LogP) is 2.61. The number of hydrogen-bond donors (Lipinski definition) is 2. The van der Waals surface area contributed by atoms with E-state index in [1.54, 1.807) is 0 Å². The van der Waals surface area contributed by atoms with Crippen LogP contribution in [0.15, 0.2) is 18.2 Å². The second-order valence-electron chi connectivity index (χ2n) is 8.71. The van der Waals surface area contributed by atoms with Crippen LogP contribution in [0.25, 0.3) is 0 Å². The molecule has 0 bridgehead atoms. The lowest BCUT2D eigenvalue weighted by Gasteiger charge is -2.33. The lowest BCUT2D eigenvalue weighted by Crippen LogP contribution is -2.48. The zero-order chi connectivity index (χ0) is 19.8. The van der Waals surface area contributed by atoms with Crippen LogP contribution in [-0.2, 0) is 4.79 Å². The molecule has 5 rings (SSSR count). The minimum absolute atomic E-state index is 0.00536. The molecule has 7 heteroatoms. The van der Waals surface area contributed by atoms with Crippen molar-refractivity contribution in [1.82, 2.24) is 15.5 Å². The first-order valence-electron chi connectivity index (χ1n) is 10.9. The highest BCUT2D eigenvalue weighted by molar-refractivity contribution is 5.80. The van der Waals surface area contributed by atoms with Gasteiger partial charge in [0, 0.05) is 25.0 Å². The molecule has 1 aromatic rings. The second kappa shape index (κ2) is 7.76. The summed E-state index contributed by atoms with van der Waals surface area (Å²) in [6.45, 7) is 2.39. The average Bonchev–Trinajstić information content (AvgIpc) is 3.67. The van der Waals surface area contributed by atoms with Gasteiger partial charge in [-0.25, -0.2) is 4.79 Å². The third-order valence-electron chi connectivity index (χ3n) is 6.37. The first-order valence-corrected chi connectivity index (χ1v) is 10.9. The van der Waals surface area contributed by atoms with Gasteiger partial charge in [0.2, 0.25) is 5.91 Å². The summed E-state index contributed by atoms with van der Waals surface area (Å²) >= 11 is 0. The number of amides is 3. The Morgan fingerprint density at radius 3 is 2.38 bits per heavy atom. The van der Waals surface area contributed by atoms with Crippen molar-refractivity contribution in [2.45, 2.75) is 50.6 Å². The molecule has 0 radical (unpaired) electrons. The Labute approximate surface area is 171 Å². The van der Waals surface area contributed by atoms with Crippen LogP contribution >= 0.6 is 0 Å². The summed E-state index contributed by atoms with van der Waals surface area (Å²) < 4.78 is 11.3. The number of carbonyl (C=O) groups excluding carboxylic acids is 2. The average molecular weight is 399 g/mol. The molecule has 3 amide bonds. The van der Waals surface area contributed by atoms with Crippen molar-refractivity contribution in [2.75, 3.05) is 26.3 Å². The summed E-state index contributed by atoms with van der Waals surface area (Å²) in [5.74, 6) is 2.21. The van der Waals surface area contributed by atoms with E-state index in [1.165, 1.54) is 0 Å². The number of fused-ring (bicyclic) bond motifs is 1. The zero-order valence-electron chi connectivity index (χ0n) is 16.7. The molecule has 4 aliphatic rings. The Morgan fingerprint density at radius 2 is 1.69 bits per heavy atom. The highest BCUT2D eigenvalue weighted by atomic mass is 16.6. The minimum Gasteiger partial charge on any atom is -0.486 e. The van der Waals surface area contributed by atoms with Crippen LogP contribution in [0.4, 0.5) is 4.79 Å². The number of piperidine rings is 1. The molecule has 2 aliphatic heterocycles. The summed E-state index contributed by atoms with van der Waals surface area (Å²) in [7, 11) is 0. The molecule has 7 nitrogen and oxygen atoms in total. The van der Waals surface area contributed by atoms with Gasteiger partial charge in [-0.1, -0.05) is 6.07 Å². The summed E-state index contributed by atoms with van der Waals surface area (Å²) in [6, 6.07) is 6.34. The Bertz CT molecular complexity index is 782. The molecular weight excluding hydrogens is 370 g/mol. The molecule has 1 atom stereocenters. The molecule has 156 valence electrons.